The third-order valence-electron chi connectivity index (χ3n) is 2.43. The fourth-order valence-corrected chi connectivity index (χ4v) is 1.80. The fourth-order valence-electron chi connectivity index (χ4n) is 1.42. The minimum absolute atomic E-state index is 0.219. The van der Waals surface area contributed by atoms with Crippen molar-refractivity contribution >= 4 is 34.3 Å². The van der Waals surface area contributed by atoms with Crippen LogP contribution < -0.4 is 5.32 Å². The molecule has 0 unspecified atom stereocenters. The number of nitrogens with one attached hydrogen (secondary N) is 1. The number of hydrogen-bond donors (Lipinski definition) is 2. The van der Waals surface area contributed by atoms with Gasteiger partial charge in [0.1, 0.15) is 5.75 Å². The van der Waals surface area contributed by atoms with Gasteiger partial charge in [0, 0.05) is 13.0 Å². The summed E-state index contributed by atoms with van der Waals surface area (Å²) in [5.74, 6) is -0.632. The largest absolute Gasteiger partial charge is 0.508 e. The molecule has 1 amide bonds. The number of phenols is 1. The summed E-state index contributed by atoms with van der Waals surface area (Å²) in [5, 5.41) is 11.7. The maximum Gasteiger partial charge on any atom is 0.287 e. The van der Waals surface area contributed by atoms with Crippen molar-refractivity contribution < 1.29 is 14.7 Å². The van der Waals surface area contributed by atoms with Crippen molar-refractivity contribution in [3.8, 4) is 5.75 Å². The average molecular weight is 361 g/mol. The fraction of sp³-hybridized carbons (Fsp3) is 0.385. The number of amides is 1. The first kappa shape index (κ1) is 14.9. The molecule has 5 heteroatoms. The van der Waals surface area contributed by atoms with Crippen molar-refractivity contribution in [3.63, 3.8) is 0 Å². The molecule has 0 spiro atoms. The first-order valence-corrected chi connectivity index (χ1v) is 7.31. The van der Waals surface area contributed by atoms with E-state index >= 15 is 0 Å². The van der Waals surface area contributed by atoms with Crippen LogP contribution in [0.3, 0.4) is 0 Å². The zero-order valence-electron chi connectivity index (χ0n) is 9.99. The van der Waals surface area contributed by atoms with E-state index < -0.39 is 5.91 Å². The van der Waals surface area contributed by atoms with E-state index in [1.165, 1.54) is 0 Å². The second-order valence-electron chi connectivity index (χ2n) is 3.89. The second kappa shape index (κ2) is 8.07. The van der Waals surface area contributed by atoms with E-state index in [0.29, 0.717) is 19.4 Å². The van der Waals surface area contributed by atoms with Gasteiger partial charge < -0.3 is 10.4 Å². The molecule has 18 heavy (non-hydrogen) atoms. The first-order chi connectivity index (χ1) is 8.63. The van der Waals surface area contributed by atoms with Gasteiger partial charge in [-0.05, 0) is 35.0 Å². The molecule has 0 aliphatic heterocycles. The predicted molar refractivity (Wildman–Crippen MR) is 77.9 cm³/mol. The van der Waals surface area contributed by atoms with E-state index in [4.69, 9.17) is 5.11 Å². The molecular weight excluding hydrogens is 345 g/mol. The van der Waals surface area contributed by atoms with Crippen LogP contribution in [0.1, 0.15) is 18.4 Å². The van der Waals surface area contributed by atoms with Crippen molar-refractivity contribution in [3.05, 3.63) is 29.8 Å². The van der Waals surface area contributed by atoms with Gasteiger partial charge in [0.05, 0.1) is 0 Å². The zero-order valence-corrected chi connectivity index (χ0v) is 12.1. The molecule has 98 valence electrons. The normalized spacial score (nSPS) is 10.1. The van der Waals surface area contributed by atoms with Crippen LogP contribution in [0.4, 0.5) is 0 Å². The summed E-state index contributed by atoms with van der Waals surface area (Å²) >= 11 is 2.18. The van der Waals surface area contributed by atoms with Crippen LogP contribution >= 0.6 is 22.6 Å². The number of hydrogen-bond acceptors (Lipinski definition) is 3. The van der Waals surface area contributed by atoms with Crippen molar-refractivity contribution in [2.75, 3.05) is 11.0 Å². The summed E-state index contributed by atoms with van der Waals surface area (Å²) < 4.78 is 0.879. The van der Waals surface area contributed by atoms with Gasteiger partial charge in [-0.25, -0.2) is 0 Å². The lowest BCUT2D eigenvalue weighted by atomic mass is 10.1. The van der Waals surface area contributed by atoms with Crippen molar-refractivity contribution in [1.29, 1.82) is 0 Å². The molecule has 0 heterocycles. The Morgan fingerprint density at radius 2 is 1.89 bits per heavy atom. The number of halogens is 1. The van der Waals surface area contributed by atoms with E-state index in [-0.39, 0.29) is 11.5 Å². The van der Waals surface area contributed by atoms with Crippen LogP contribution in [0.25, 0.3) is 0 Å². The maximum atomic E-state index is 11.4. The summed E-state index contributed by atoms with van der Waals surface area (Å²) in [4.78, 5) is 22.7. The van der Waals surface area contributed by atoms with E-state index in [2.05, 4.69) is 27.9 Å². The molecule has 0 fully saturated rings. The second-order valence-corrected chi connectivity index (χ2v) is 4.97. The van der Waals surface area contributed by atoms with E-state index in [9.17, 15) is 9.59 Å². The SMILES string of the molecule is O=C(CCCI)C(=O)NCCc1ccc(O)cc1. The average Bonchev–Trinajstić information content (AvgIpc) is 2.38. The summed E-state index contributed by atoms with van der Waals surface area (Å²) in [6.07, 6.45) is 1.70. The maximum absolute atomic E-state index is 11.4. The molecule has 0 bridgehead atoms. The topological polar surface area (TPSA) is 66.4 Å². The van der Waals surface area contributed by atoms with Gasteiger partial charge in [0.2, 0.25) is 5.78 Å². The Morgan fingerprint density at radius 3 is 2.50 bits per heavy atom. The molecule has 1 rings (SSSR count). The predicted octanol–water partition coefficient (Wildman–Crippen LogP) is 1.84. The van der Waals surface area contributed by atoms with Gasteiger partial charge in [-0.15, -0.1) is 0 Å². The quantitative estimate of drug-likeness (QED) is 0.443. The third kappa shape index (κ3) is 5.48. The molecule has 0 atom stereocenters. The number of aromatic hydroxyl groups is 1. The van der Waals surface area contributed by atoms with Crippen molar-refractivity contribution in [2.24, 2.45) is 0 Å². The number of carbonyl (C=O) groups is 2. The summed E-state index contributed by atoms with van der Waals surface area (Å²) in [6, 6.07) is 6.78. The van der Waals surface area contributed by atoms with Gasteiger partial charge in [-0.3, -0.25) is 9.59 Å². The number of ketones is 1. The van der Waals surface area contributed by atoms with Crippen molar-refractivity contribution in [2.45, 2.75) is 19.3 Å². The zero-order chi connectivity index (χ0) is 13.4. The molecule has 1 aromatic carbocycles. The first-order valence-electron chi connectivity index (χ1n) is 5.78. The highest BCUT2D eigenvalue weighted by Crippen LogP contribution is 2.09. The summed E-state index contributed by atoms with van der Waals surface area (Å²) in [6.45, 7) is 0.430. The molecule has 0 saturated heterocycles. The minimum Gasteiger partial charge on any atom is -0.508 e. The molecule has 0 aromatic heterocycles. The lowest BCUT2D eigenvalue weighted by Crippen LogP contribution is -2.32. The van der Waals surface area contributed by atoms with Crippen LogP contribution in [0.5, 0.6) is 5.75 Å². The van der Waals surface area contributed by atoms with Crippen LogP contribution in [-0.2, 0) is 16.0 Å². The number of Topliss-reactive ketones (excluding diaryl/α,β-unsaturated/α-hetero) is 1. The van der Waals surface area contributed by atoms with Crippen LogP contribution in [0, 0.1) is 0 Å². The Hall–Kier alpha value is -1.11. The standard InChI is InChI=1S/C13H16INO3/c14-8-1-2-12(17)13(18)15-9-7-10-3-5-11(16)6-4-10/h3-6,16H,1-2,7-9H2,(H,15,18). The molecule has 0 saturated carbocycles. The van der Waals surface area contributed by atoms with E-state index in [0.717, 1.165) is 16.4 Å². The number of phenolic OH excluding ortho intramolecular Hbond substituents is 1. The highest BCUT2D eigenvalue weighted by Gasteiger charge is 2.11. The lowest BCUT2D eigenvalue weighted by Gasteiger charge is -2.04. The van der Waals surface area contributed by atoms with Gasteiger partial charge in [-0.2, -0.15) is 0 Å². The Labute approximate surface area is 120 Å². The monoisotopic (exact) mass is 361 g/mol. The molecule has 2 N–H and O–H groups in total. The number of benzene rings is 1. The summed E-state index contributed by atoms with van der Waals surface area (Å²) in [5.41, 5.74) is 1.01. The third-order valence-corrected chi connectivity index (χ3v) is 3.19. The Balaban J connectivity index is 2.27. The van der Waals surface area contributed by atoms with Gasteiger partial charge in [-0.1, -0.05) is 34.7 Å². The molecule has 4 nitrogen and oxygen atoms in total. The Morgan fingerprint density at radius 1 is 1.22 bits per heavy atom. The van der Waals surface area contributed by atoms with Crippen LogP contribution in [0.2, 0.25) is 0 Å². The van der Waals surface area contributed by atoms with Crippen LogP contribution in [0.15, 0.2) is 24.3 Å². The Bertz CT molecular complexity index is 403. The molecule has 0 aliphatic carbocycles. The van der Waals surface area contributed by atoms with Gasteiger partial charge in [0.25, 0.3) is 5.91 Å². The van der Waals surface area contributed by atoms with Gasteiger partial charge in [0.15, 0.2) is 0 Å². The molecule has 1 aromatic rings. The molecule has 0 radical (unpaired) electrons. The summed E-state index contributed by atoms with van der Waals surface area (Å²) in [7, 11) is 0. The molecular formula is C13H16INO3. The van der Waals surface area contributed by atoms with E-state index in [1.54, 1.807) is 24.3 Å². The van der Waals surface area contributed by atoms with Crippen molar-refractivity contribution in [1.82, 2.24) is 5.32 Å². The lowest BCUT2D eigenvalue weighted by molar-refractivity contribution is -0.137. The van der Waals surface area contributed by atoms with E-state index in [1.807, 2.05) is 0 Å². The highest BCUT2D eigenvalue weighted by atomic mass is 127. The number of alkyl halides is 1. The number of rotatable bonds is 7. The van der Waals surface area contributed by atoms with Gasteiger partial charge >= 0.3 is 0 Å². The smallest absolute Gasteiger partial charge is 0.287 e. The minimum atomic E-state index is -0.501. The highest BCUT2D eigenvalue weighted by molar-refractivity contribution is 14.1. The Kier molecular flexibility index (Phi) is 6.70. The molecule has 0 aliphatic rings. The van der Waals surface area contributed by atoms with Crippen LogP contribution in [-0.4, -0.2) is 27.8 Å². The number of carbonyl (C=O) groups excluding carboxylic acids is 2.